The van der Waals surface area contributed by atoms with Gasteiger partial charge in [-0.1, -0.05) is 60.7 Å². The molecule has 0 unspecified atom stereocenters. The van der Waals surface area contributed by atoms with E-state index in [1.807, 2.05) is 66.0 Å². The molecule has 3 aromatic carbocycles. The van der Waals surface area contributed by atoms with Gasteiger partial charge in [-0.15, -0.1) is 11.3 Å². The molecule has 0 aliphatic heterocycles. The molecule has 3 nitrogen and oxygen atoms in total. The van der Waals surface area contributed by atoms with Crippen LogP contribution in [0.4, 0.5) is 5.13 Å². The smallest absolute Gasteiger partial charge is 0.180 e. The number of hydrogen-bond donors (Lipinski definition) is 1. The highest BCUT2D eigenvalue weighted by Gasteiger charge is 2.15. The number of hydrogen-bond acceptors (Lipinski definition) is 4. The number of aromatic nitrogens is 1. The molecule has 0 aliphatic rings. The zero-order valence-electron chi connectivity index (χ0n) is 14.1. The number of nitrogens with two attached hydrogens (primary N) is 1. The van der Waals surface area contributed by atoms with Crippen LogP contribution in [0.3, 0.4) is 0 Å². The lowest BCUT2D eigenvalue weighted by atomic mass is 10.0. The quantitative estimate of drug-likeness (QED) is 0.508. The molecular weight excluding hydrogens is 340 g/mol. The summed E-state index contributed by atoms with van der Waals surface area (Å²) in [6, 6.07) is 28.5. The molecule has 0 atom stereocenters. The van der Waals surface area contributed by atoms with Gasteiger partial charge < -0.3 is 10.5 Å². The summed E-state index contributed by atoms with van der Waals surface area (Å²) in [5.74, 6) is 0.814. The van der Waals surface area contributed by atoms with Gasteiger partial charge in [0.15, 0.2) is 5.13 Å². The minimum absolute atomic E-state index is 0.154. The Balaban J connectivity index is 1.62. The van der Waals surface area contributed by atoms with Crippen LogP contribution in [-0.4, -0.2) is 4.98 Å². The second-order valence-corrected chi connectivity index (χ2v) is 6.80. The number of ether oxygens (including phenoxy) is 1. The third kappa shape index (κ3) is 3.60. The highest BCUT2D eigenvalue weighted by atomic mass is 32.1. The van der Waals surface area contributed by atoms with Crippen molar-refractivity contribution < 1.29 is 4.74 Å². The minimum atomic E-state index is -0.154. The maximum Gasteiger partial charge on any atom is 0.180 e. The van der Waals surface area contributed by atoms with E-state index in [-0.39, 0.29) is 6.10 Å². The molecule has 2 N–H and O–H groups in total. The maximum atomic E-state index is 6.34. The van der Waals surface area contributed by atoms with E-state index in [1.54, 1.807) is 0 Å². The molecule has 0 saturated carbocycles. The first-order valence-electron chi connectivity index (χ1n) is 8.37. The van der Waals surface area contributed by atoms with Crippen LogP contribution in [0.1, 0.15) is 17.2 Å². The Bertz CT molecular complexity index is 926. The van der Waals surface area contributed by atoms with Crippen molar-refractivity contribution in [2.24, 2.45) is 0 Å². The van der Waals surface area contributed by atoms with Gasteiger partial charge in [0.2, 0.25) is 0 Å². The van der Waals surface area contributed by atoms with Gasteiger partial charge in [-0.2, -0.15) is 0 Å². The van der Waals surface area contributed by atoms with Gasteiger partial charge in [0.25, 0.3) is 0 Å². The first-order valence-corrected chi connectivity index (χ1v) is 9.25. The summed E-state index contributed by atoms with van der Waals surface area (Å²) in [5.41, 5.74) is 9.88. The third-order valence-electron chi connectivity index (χ3n) is 4.13. The zero-order chi connectivity index (χ0) is 17.8. The van der Waals surface area contributed by atoms with E-state index in [1.165, 1.54) is 11.3 Å². The molecule has 26 heavy (non-hydrogen) atoms. The summed E-state index contributed by atoms with van der Waals surface area (Å²) < 4.78 is 6.34. The van der Waals surface area contributed by atoms with Crippen LogP contribution in [0.15, 0.2) is 90.3 Å². The van der Waals surface area contributed by atoms with Crippen molar-refractivity contribution in [3.05, 3.63) is 101 Å². The molecule has 1 aromatic heterocycles. The van der Waals surface area contributed by atoms with Gasteiger partial charge >= 0.3 is 0 Å². The predicted octanol–water partition coefficient (Wildman–Crippen LogP) is 5.56. The van der Waals surface area contributed by atoms with Crippen LogP contribution in [0.25, 0.3) is 11.3 Å². The molecule has 0 spiro atoms. The van der Waals surface area contributed by atoms with Crippen molar-refractivity contribution in [2.45, 2.75) is 6.10 Å². The van der Waals surface area contributed by atoms with Crippen molar-refractivity contribution >= 4 is 16.5 Å². The van der Waals surface area contributed by atoms with Gasteiger partial charge in [0.1, 0.15) is 11.9 Å². The van der Waals surface area contributed by atoms with Crippen LogP contribution < -0.4 is 10.5 Å². The Hall–Kier alpha value is -3.11. The molecule has 4 rings (SSSR count). The molecule has 0 aliphatic carbocycles. The Morgan fingerprint density at radius 1 is 0.769 bits per heavy atom. The van der Waals surface area contributed by atoms with Crippen LogP contribution in [0.2, 0.25) is 0 Å². The molecule has 128 valence electrons. The van der Waals surface area contributed by atoms with Gasteiger partial charge in [-0.25, -0.2) is 4.98 Å². The normalized spacial score (nSPS) is 10.8. The Morgan fingerprint density at radius 3 is 1.85 bits per heavy atom. The summed E-state index contributed by atoms with van der Waals surface area (Å²) in [5, 5.41) is 2.54. The predicted molar refractivity (Wildman–Crippen MR) is 107 cm³/mol. The SMILES string of the molecule is Nc1nc(-c2ccc(OC(c3ccccc3)c3ccccc3)cc2)cs1. The van der Waals surface area contributed by atoms with Crippen molar-refractivity contribution in [1.82, 2.24) is 4.98 Å². The van der Waals surface area contributed by atoms with E-state index in [0.717, 1.165) is 28.1 Å². The Morgan fingerprint density at radius 2 is 1.35 bits per heavy atom. The number of thiazole rings is 1. The van der Waals surface area contributed by atoms with Crippen LogP contribution in [-0.2, 0) is 0 Å². The molecule has 0 bridgehead atoms. The number of anilines is 1. The molecule has 1 heterocycles. The number of nitrogens with zero attached hydrogens (tertiary/aromatic N) is 1. The Kier molecular flexibility index (Phi) is 4.67. The first-order chi connectivity index (χ1) is 12.8. The molecule has 0 radical (unpaired) electrons. The first kappa shape index (κ1) is 16.4. The van der Waals surface area contributed by atoms with Crippen molar-refractivity contribution in [1.29, 1.82) is 0 Å². The zero-order valence-corrected chi connectivity index (χ0v) is 14.9. The van der Waals surface area contributed by atoms with Crippen molar-refractivity contribution in [3.8, 4) is 17.0 Å². The lowest BCUT2D eigenvalue weighted by Crippen LogP contribution is -2.09. The topological polar surface area (TPSA) is 48.1 Å². The number of nitrogen functional groups attached to an aromatic ring is 1. The van der Waals surface area contributed by atoms with E-state index < -0.39 is 0 Å². The number of benzene rings is 3. The fourth-order valence-electron chi connectivity index (χ4n) is 2.84. The van der Waals surface area contributed by atoms with Crippen LogP contribution in [0, 0.1) is 0 Å². The lowest BCUT2D eigenvalue weighted by molar-refractivity contribution is 0.247. The molecular formula is C22H18N2OS. The lowest BCUT2D eigenvalue weighted by Gasteiger charge is -2.20. The monoisotopic (exact) mass is 358 g/mol. The maximum absolute atomic E-state index is 6.34. The molecule has 0 amide bonds. The fourth-order valence-corrected chi connectivity index (χ4v) is 3.42. The summed E-state index contributed by atoms with van der Waals surface area (Å²) in [7, 11) is 0. The Labute approximate surface area is 156 Å². The van der Waals surface area contributed by atoms with Gasteiger partial charge in [-0.05, 0) is 35.4 Å². The van der Waals surface area contributed by atoms with E-state index >= 15 is 0 Å². The summed E-state index contributed by atoms with van der Waals surface area (Å²) in [4.78, 5) is 4.32. The second kappa shape index (κ2) is 7.42. The minimum Gasteiger partial charge on any atom is -0.481 e. The third-order valence-corrected chi connectivity index (χ3v) is 4.80. The summed E-state index contributed by atoms with van der Waals surface area (Å²) in [6.07, 6.45) is -0.154. The average molecular weight is 358 g/mol. The van der Waals surface area contributed by atoms with Crippen LogP contribution in [0.5, 0.6) is 5.75 Å². The average Bonchev–Trinajstić information content (AvgIpc) is 3.14. The van der Waals surface area contributed by atoms with E-state index in [2.05, 4.69) is 29.2 Å². The van der Waals surface area contributed by atoms with E-state index in [0.29, 0.717) is 5.13 Å². The van der Waals surface area contributed by atoms with Crippen molar-refractivity contribution in [3.63, 3.8) is 0 Å². The highest BCUT2D eigenvalue weighted by Crippen LogP contribution is 2.30. The fraction of sp³-hybridized carbons (Fsp3) is 0.0455. The molecule has 0 saturated heterocycles. The summed E-state index contributed by atoms with van der Waals surface area (Å²) in [6.45, 7) is 0. The second-order valence-electron chi connectivity index (χ2n) is 5.91. The standard InChI is InChI=1S/C22H18N2OS/c23-22-24-20(15-26-22)16-11-13-19(14-12-16)25-21(17-7-3-1-4-8-17)18-9-5-2-6-10-18/h1-15,21H,(H2,23,24). The van der Waals surface area contributed by atoms with Crippen LogP contribution >= 0.6 is 11.3 Å². The number of rotatable bonds is 5. The molecule has 4 heteroatoms. The van der Waals surface area contributed by atoms with E-state index in [9.17, 15) is 0 Å². The van der Waals surface area contributed by atoms with Gasteiger partial charge in [0, 0.05) is 10.9 Å². The molecule has 0 fully saturated rings. The highest BCUT2D eigenvalue weighted by molar-refractivity contribution is 7.13. The van der Waals surface area contributed by atoms with E-state index in [4.69, 9.17) is 10.5 Å². The summed E-state index contributed by atoms with van der Waals surface area (Å²) >= 11 is 1.44. The van der Waals surface area contributed by atoms with Crippen molar-refractivity contribution in [2.75, 3.05) is 5.73 Å². The van der Waals surface area contributed by atoms with Gasteiger partial charge in [0.05, 0.1) is 5.69 Å². The van der Waals surface area contributed by atoms with Gasteiger partial charge in [-0.3, -0.25) is 0 Å². The molecule has 4 aromatic rings. The largest absolute Gasteiger partial charge is 0.481 e.